The molecule has 1 rings (SSSR count). The third-order valence-electron chi connectivity index (χ3n) is 3.01. The van der Waals surface area contributed by atoms with E-state index in [1.54, 1.807) is 0 Å². The Morgan fingerprint density at radius 3 is 2.65 bits per heavy atom. The number of hydrogen-bond donors (Lipinski definition) is 2. The predicted octanol–water partition coefficient (Wildman–Crippen LogP) is 1.79. The van der Waals surface area contributed by atoms with Crippen LogP contribution in [0.15, 0.2) is 18.3 Å². The Balaban J connectivity index is 2.68. The van der Waals surface area contributed by atoms with Crippen LogP contribution in [-0.2, 0) is 0 Å². The molecule has 0 aromatic carbocycles. The summed E-state index contributed by atoms with van der Waals surface area (Å²) in [5.74, 6) is 2.05. The number of nitrogens with one attached hydrogen (secondary N) is 1. The molecule has 0 bridgehead atoms. The molecule has 1 heterocycles. The molecule has 0 spiro atoms. The van der Waals surface area contributed by atoms with E-state index in [1.165, 1.54) is 0 Å². The van der Waals surface area contributed by atoms with E-state index >= 15 is 0 Å². The first-order valence-electron chi connectivity index (χ1n) is 6.12. The second kappa shape index (κ2) is 6.45. The van der Waals surface area contributed by atoms with Crippen LogP contribution in [0.25, 0.3) is 0 Å². The SMILES string of the molecule is CC(C)C(CN)CNc1cccnc1N(C)C. The van der Waals surface area contributed by atoms with Crippen LogP contribution in [0.3, 0.4) is 0 Å². The number of rotatable bonds is 6. The van der Waals surface area contributed by atoms with Crippen molar-refractivity contribution in [1.82, 2.24) is 4.98 Å². The van der Waals surface area contributed by atoms with Crippen LogP contribution in [0, 0.1) is 11.8 Å². The highest BCUT2D eigenvalue weighted by molar-refractivity contribution is 5.64. The summed E-state index contributed by atoms with van der Waals surface area (Å²) in [4.78, 5) is 6.37. The van der Waals surface area contributed by atoms with Gasteiger partial charge in [-0.3, -0.25) is 0 Å². The largest absolute Gasteiger partial charge is 0.382 e. The zero-order valence-electron chi connectivity index (χ0n) is 11.3. The topological polar surface area (TPSA) is 54.2 Å². The highest BCUT2D eigenvalue weighted by atomic mass is 15.2. The van der Waals surface area contributed by atoms with Crippen LogP contribution in [0.1, 0.15) is 13.8 Å². The van der Waals surface area contributed by atoms with Crippen LogP contribution in [0.2, 0.25) is 0 Å². The molecule has 96 valence electrons. The first-order valence-corrected chi connectivity index (χ1v) is 6.12. The third-order valence-corrected chi connectivity index (χ3v) is 3.01. The summed E-state index contributed by atoms with van der Waals surface area (Å²) in [5.41, 5.74) is 6.84. The molecule has 1 aromatic rings. The van der Waals surface area contributed by atoms with Crippen molar-refractivity contribution in [3.63, 3.8) is 0 Å². The lowest BCUT2D eigenvalue weighted by molar-refractivity contribution is 0.413. The monoisotopic (exact) mass is 236 g/mol. The third kappa shape index (κ3) is 3.89. The Hall–Kier alpha value is -1.29. The highest BCUT2D eigenvalue weighted by Gasteiger charge is 2.12. The van der Waals surface area contributed by atoms with Gasteiger partial charge in [-0.1, -0.05) is 13.8 Å². The molecule has 0 amide bonds. The molecule has 0 aliphatic carbocycles. The Labute approximate surface area is 104 Å². The van der Waals surface area contributed by atoms with Crippen LogP contribution < -0.4 is 16.0 Å². The van der Waals surface area contributed by atoms with Crippen molar-refractivity contribution in [2.75, 3.05) is 37.4 Å². The lowest BCUT2D eigenvalue weighted by Crippen LogP contribution is -2.27. The van der Waals surface area contributed by atoms with Gasteiger partial charge in [-0.15, -0.1) is 0 Å². The highest BCUT2D eigenvalue weighted by Crippen LogP contribution is 2.21. The molecule has 3 N–H and O–H groups in total. The van der Waals surface area contributed by atoms with Gasteiger partial charge in [0.05, 0.1) is 5.69 Å². The average molecular weight is 236 g/mol. The van der Waals surface area contributed by atoms with Gasteiger partial charge < -0.3 is 16.0 Å². The second-order valence-corrected chi connectivity index (χ2v) is 4.89. The predicted molar refractivity (Wildman–Crippen MR) is 74.4 cm³/mol. The normalized spacial score (nSPS) is 12.6. The van der Waals surface area contributed by atoms with Crippen LogP contribution in [0.5, 0.6) is 0 Å². The summed E-state index contributed by atoms with van der Waals surface area (Å²) < 4.78 is 0. The summed E-state index contributed by atoms with van der Waals surface area (Å²) in [6, 6.07) is 4.00. The van der Waals surface area contributed by atoms with Gasteiger partial charge in [-0.25, -0.2) is 4.98 Å². The molecule has 0 radical (unpaired) electrons. The van der Waals surface area contributed by atoms with E-state index < -0.39 is 0 Å². The Kier molecular flexibility index (Phi) is 5.22. The molecule has 1 aromatic heterocycles. The van der Waals surface area contributed by atoms with E-state index in [1.807, 2.05) is 31.3 Å². The zero-order chi connectivity index (χ0) is 12.8. The van der Waals surface area contributed by atoms with Gasteiger partial charge in [0, 0.05) is 26.8 Å². The minimum atomic E-state index is 0.491. The van der Waals surface area contributed by atoms with Crippen molar-refractivity contribution in [1.29, 1.82) is 0 Å². The number of anilines is 2. The Bertz CT molecular complexity index is 336. The fraction of sp³-hybridized carbons (Fsp3) is 0.615. The molecule has 0 saturated carbocycles. The van der Waals surface area contributed by atoms with Crippen LogP contribution in [0.4, 0.5) is 11.5 Å². The van der Waals surface area contributed by atoms with Gasteiger partial charge >= 0.3 is 0 Å². The summed E-state index contributed by atoms with van der Waals surface area (Å²) >= 11 is 0. The molecule has 0 aliphatic heterocycles. The van der Waals surface area contributed by atoms with Gasteiger partial charge in [0.15, 0.2) is 5.82 Å². The van der Waals surface area contributed by atoms with Crippen molar-refractivity contribution in [3.8, 4) is 0 Å². The van der Waals surface area contributed by atoms with E-state index in [0.29, 0.717) is 18.4 Å². The van der Waals surface area contributed by atoms with E-state index in [4.69, 9.17) is 5.73 Å². The molecule has 0 fully saturated rings. The summed E-state index contributed by atoms with van der Waals surface area (Å²) in [6.07, 6.45) is 1.81. The standard InChI is InChI=1S/C13H24N4/c1-10(2)11(8-14)9-16-12-6-5-7-15-13(12)17(3)4/h5-7,10-11,16H,8-9,14H2,1-4H3. The second-order valence-electron chi connectivity index (χ2n) is 4.89. The molecular weight excluding hydrogens is 212 g/mol. The summed E-state index contributed by atoms with van der Waals surface area (Å²) in [6.45, 7) is 6.01. The molecule has 17 heavy (non-hydrogen) atoms. The molecule has 1 atom stereocenters. The number of nitrogens with two attached hydrogens (primary N) is 1. The molecule has 0 saturated heterocycles. The van der Waals surface area contributed by atoms with Crippen LogP contribution >= 0.6 is 0 Å². The minimum Gasteiger partial charge on any atom is -0.382 e. The van der Waals surface area contributed by atoms with Gasteiger partial charge in [-0.05, 0) is 30.5 Å². The summed E-state index contributed by atoms with van der Waals surface area (Å²) in [5, 5.41) is 3.44. The summed E-state index contributed by atoms with van der Waals surface area (Å²) in [7, 11) is 3.99. The van der Waals surface area contributed by atoms with Gasteiger partial charge in [0.25, 0.3) is 0 Å². The maximum absolute atomic E-state index is 5.77. The zero-order valence-corrected chi connectivity index (χ0v) is 11.3. The van der Waals surface area contributed by atoms with Crippen molar-refractivity contribution in [2.24, 2.45) is 17.6 Å². The van der Waals surface area contributed by atoms with Crippen molar-refractivity contribution < 1.29 is 0 Å². The Morgan fingerprint density at radius 2 is 2.12 bits per heavy atom. The lowest BCUT2D eigenvalue weighted by atomic mass is 9.96. The van der Waals surface area contributed by atoms with Gasteiger partial charge in [0.1, 0.15) is 0 Å². The number of aromatic nitrogens is 1. The quantitative estimate of drug-likeness (QED) is 0.790. The fourth-order valence-electron chi connectivity index (χ4n) is 1.72. The molecule has 0 aliphatic rings. The molecule has 4 nitrogen and oxygen atoms in total. The first kappa shape index (κ1) is 13.8. The molecule has 4 heteroatoms. The van der Waals surface area contributed by atoms with E-state index in [2.05, 4.69) is 30.2 Å². The maximum atomic E-state index is 5.77. The van der Waals surface area contributed by atoms with E-state index in [-0.39, 0.29) is 0 Å². The molecule has 1 unspecified atom stereocenters. The van der Waals surface area contributed by atoms with Gasteiger partial charge in [0.2, 0.25) is 0 Å². The number of nitrogens with zero attached hydrogens (tertiary/aromatic N) is 2. The maximum Gasteiger partial charge on any atom is 0.151 e. The minimum absolute atomic E-state index is 0.491. The van der Waals surface area contributed by atoms with Crippen molar-refractivity contribution in [3.05, 3.63) is 18.3 Å². The lowest BCUT2D eigenvalue weighted by Gasteiger charge is -2.22. The molecular formula is C13H24N4. The van der Waals surface area contributed by atoms with Gasteiger partial charge in [-0.2, -0.15) is 0 Å². The van der Waals surface area contributed by atoms with Crippen molar-refractivity contribution >= 4 is 11.5 Å². The van der Waals surface area contributed by atoms with Crippen molar-refractivity contribution in [2.45, 2.75) is 13.8 Å². The smallest absolute Gasteiger partial charge is 0.151 e. The number of pyridine rings is 1. The Morgan fingerprint density at radius 1 is 1.41 bits per heavy atom. The number of hydrogen-bond acceptors (Lipinski definition) is 4. The van der Waals surface area contributed by atoms with E-state index in [0.717, 1.165) is 18.1 Å². The first-order chi connectivity index (χ1) is 8.06. The van der Waals surface area contributed by atoms with Crippen LogP contribution in [-0.4, -0.2) is 32.2 Å². The van der Waals surface area contributed by atoms with E-state index in [9.17, 15) is 0 Å². The fourth-order valence-corrected chi connectivity index (χ4v) is 1.72. The average Bonchev–Trinajstić information content (AvgIpc) is 2.29.